The fraction of sp³-hybridized carbons (Fsp3) is 0.333. The molecule has 0 aliphatic carbocycles. The van der Waals surface area contributed by atoms with Gasteiger partial charge in [-0.25, -0.2) is 4.98 Å². The van der Waals surface area contributed by atoms with Gasteiger partial charge >= 0.3 is 6.18 Å². The van der Waals surface area contributed by atoms with E-state index in [0.717, 1.165) is 6.20 Å². The van der Waals surface area contributed by atoms with Crippen molar-refractivity contribution in [3.8, 4) is 11.8 Å². The third kappa shape index (κ3) is 4.42. The molecular formula is C9H8F3N3OS. The first-order chi connectivity index (χ1) is 7.93. The molecule has 0 atom stereocenters. The molecule has 1 heterocycles. The molecule has 3 N–H and O–H groups in total. The summed E-state index contributed by atoms with van der Waals surface area (Å²) < 4.78 is 36.5. The second-order valence-electron chi connectivity index (χ2n) is 2.81. The van der Waals surface area contributed by atoms with E-state index >= 15 is 0 Å². The van der Waals surface area contributed by atoms with Crippen LogP contribution in [0.4, 0.5) is 13.2 Å². The molecule has 92 valence electrons. The minimum absolute atomic E-state index is 0.0370. The van der Waals surface area contributed by atoms with E-state index in [4.69, 9.17) is 5.73 Å². The molecule has 1 rings (SSSR count). The lowest BCUT2D eigenvalue weighted by atomic mass is 10.5. The smallest absolute Gasteiger partial charge is 0.344 e. The number of carbonyl (C=O) groups is 1. The van der Waals surface area contributed by atoms with Gasteiger partial charge in [0.25, 0.3) is 0 Å². The lowest BCUT2D eigenvalue weighted by molar-refractivity contribution is -0.137. The molecule has 17 heavy (non-hydrogen) atoms. The summed E-state index contributed by atoms with van der Waals surface area (Å²) >= 11 is 0.457. The molecule has 1 aromatic rings. The van der Waals surface area contributed by atoms with Crippen LogP contribution < -0.4 is 11.1 Å². The molecule has 0 radical (unpaired) electrons. The van der Waals surface area contributed by atoms with Gasteiger partial charge in [-0.2, -0.15) is 13.2 Å². The van der Waals surface area contributed by atoms with E-state index in [1.165, 1.54) is 0 Å². The minimum atomic E-state index is -4.45. The van der Waals surface area contributed by atoms with Gasteiger partial charge in [0.15, 0.2) is 5.01 Å². The predicted molar refractivity (Wildman–Crippen MR) is 56.1 cm³/mol. The summed E-state index contributed by atoms with van der Waals surface area (Å²) in [7, 11) is 0. The third-order valence-corrected chi connectivity index (χ3v) is 2.48. The Morgan fingerprint density at radius 1 is 1.59 bits per heavy atom. The average Bonchev–Trinajstić information content (AvgIpc) is 2.72. The van der Waals surface area contributed by atoms with E-state index in [0.29, 0.717) is 11.3 Å². The van der Waals surface area contributed by atoms with Crippen LogP contribution in [-0.4, -0.2) is 24.0 Å². The van der Waals surface area contributed by atoms with Crippen molar-refractivity contribution in [1.29, 1.82) is 0 Å². The third-order valence-electron chi connectivity index (χ3n) is 1.52. The second-order valence-corrected chi connectivity index (χ2v) is 3.84. The van der Waals surface area contributed by atoms with Crippen molar-refractivity contribution >= 4 is 17.2 Å². The highest BCUT2D eigenvalue weighted by Crippen LogP contribution is 2.31. The maximum atomic E-state index is 12.2. The van der Waals surface area contributed by atoms with E-state index in [1.54, 1.807) is 0 Å². The van der Waals surface area contributed by atoms with Crippen LogP contribution in [0.25, 0.3) is 0 Å². The van der Waals surface area contributed by atoms with Gasteiger partial charge < -0.3 is 11.1 Å². The molecule has 0 saturated carbocycles. The summed E-state index contributed by atoms with van der Waals surface area (Å²) in [5, 5.41) is 1.43. The van der Waals surface area contributed by atoms with Crippen LogP contribution in [0, 0.1) is 11.8 Å². The molecule has 0 bridgehead atoms. The van der Waals surface area contributed by atoms with Crippen molar-refractivity contribution in [3.05, 3.63) is 16.1 Å². The van der Waals surface area contributed by atoms with Crippen molar-refractivity contribution in [1.82, 2.24) is 10.3 Å². The topological polar surface area (TPSA) is 68.0 Å². The number of aromatic nitrogens is 1. The van der Waals surface area contributed by atoms with E-state index in [-0.39, 0.29) is 23.9 Å². The van der Waals surface area contributed by atoms with Gasteiger partial charge in [0.2, 0.25) is 5.91 Å². The zero-order chi connectivity index (χ0) is 12.9. The molecule has 0 spiro atoms. The zero-order valence-corrected chi connectivity index (χ0v) is 9.28. The van der Waals surface area contributed by atoms with Crippen LogP contribution >= 0.6 is 11.3 Å². The lowest BCUT2D eigenvalue weighted by Crippen LogP contribution is -2.30. The number of hydrogen-bond acceptors (Lipinski definition) is 4. The molecule has 0 unspecified atom stereocenters. The van der Waals surface area contributed by atoms with Crippen LogP contribution in [0.5, 0.6) is 0 Å². The van der Waals surface area contributed by atoms with Gasteiger partial charge in [-0.15, -0.1) is 11.3 Å². The Bertz CT molecular complexity index is 458. The summed E-state index contributed by atoms with van der Waals surface area (Å²) in [5.41, 5.74) is 5.02. The van der Waals surface area contributed by atoms with Gasteiger partial charge in [0.1, 0.15) is 0 Å². The van der Waals surface area contributed by atoms with E-state index < -0.39 is 11.2 Å². The zero-order valence-electron chi connectivity index (χ0n) is 8.47. The number of nitrogens with one attached hydrogen (secondary N) is 1. The average molecular weight is 263 g/mol. The second kappa shape index (κ2) is 5.65. The van der Waals surface area contributed by atoms with Crippen LogP contribution in [0.2, 0.25) is 0 Å². The SMILES string of the molecule is NCC(=O)NCC#Cc1cnc(C(F)(F)F)s1. The Kier molecular flexibility index (Phi) is 4.48. The number of nitrogens with zero attached hydrogens (tertiary/aromatic N) is 1. The highest BCUT2D eigenvalue weighted by molar-refractivity contribution is 7.12. The molecule has 0 aromatic carbocycles. The van der Waals surface area contributed by atoms with Crippen molar-refractivity contribution < 1.29 is 18.0 Å². The number of nitrogens with two attached hydrogens (primary N) is 1. The number of carbonyl (C=O) groups excluding carboxylic acids is 1. The van der Waals surface area contributed by atoms with Crippen LogP contribution in [0.1, 0.15) is 9.88 Å². The van der Waals surface area contributed by atoms with Gasteiger partial charge in [0.05, 0.1) is 24.2 Å². The van der Waals surface area contributed by atoms with E-state index in [1.807, 2.05) is 0 Å². The molecule has 0 aliphatic rings. The molecule has 1 aromatic heterocycles. The van der Waals surface area contributed by atoms with Crippen molar-refractivity contribution in [3.63, 3.8) is 0 Å². The van der Waals surface area contributed by atoms with Gasteiger partial charge in [-0.1, -0.05) is 11.8 Å². The molecule has 8 heteroatoms. The Labute approximate surface area is 99.0 Å². The number of thiazole rings is 1. The number of halogens is 3. The fourth-order valence-corrected chi connectivity index (χ4v) is 1.47. The number of rotatable bonds is 2. The van der Waals surface area contributed by atoms with Gasteiger partial charge in [-0.3, -0.25) is 4.79 Å². The first-order valence-electron chi connectivity index (χ1n) is 4.42. The standard InChI is InChI=1S/C9H8F3N3OS/c10-9(11,12)8-15-5-6(17-8)2-1-3-14-7(16)4-13/h5H,3-4,13H2,(H,14,16). The Morgan fingerprint density at radius 2 is 2.29 bits per heavy atom. The van der Waals surface area contributed by atoms with Crippen LogP contribution in [0.15, 0.2) is 6.20 Å². The van der Waals surface area contributed by atoms with Crippen molar-refractivity contribution in [2.45, 2.75) is 6.18 Å². The Balaban J connectivity index is 2.56. The molecule has 4 nitrogen and oxygen atoms in total. The highest BCUT2D eigenvalue weighted by atomic mass is 32.1. The fourth-order valence-electron chi connectivity index (χ4n) is 0.809. The number of hydrogen-bond donors (Lipinski definition) is 2. The minimum Gasteiger partial charge on any atom is -0.344 e. The predicted octanol–water partition coefficient (Wildman–Crippen LogP) is 0.588. The maximum Gasteiger partial charge on any atom is 0.443 e. The molecule has 0 saturated heterocycles. The molecule has 1 amide bonds. The van der Waals surface area contributed by atoms with Gasteiger partial charge in [-0.05, 0) is 0 Å². The van der Waals surface area contributed by atoms with Crippen LogP contribution in [0.3, 0.4) is 0 Å². The summed E-state index contributed by atoms with van der Waals surface area (Å²) in [6.07, 6.45) is -3.40. The molecular weight excluding hydrogens is 255 g/mol. The highest BCUT2D eigenvalue weighted by Gasteiger charge is 2.34. The van der Waals surface area contributed by atoms with Crippen molar-refractivity contribution in [2.24, 2.45) is 5.73 Å². The lowest BCUT2D eigenvalue weighted by Gasteiger charge is -1.98. The maximum absolute atomic E-state index is 12.2. The Morgan fingerprint density at radius 3 is 2.82 bits per heavy atom. The normalized spacial score (nSPS) is 10.6. The Hall–Kier alpha value is -1.59. The largest absolute Gasteiger partial charge is 0.443 e. The summed E-state index contributed by atoms with van der Waals surface area (Å²) in [6, 6.07) is 0. The van der Waals surface area contributed by atoms with Crippen LogP contribution in [-0.2, 0) is 11.0 Å². The summed E-state index contributed by atoms with van der Waals surface area (Å²) in [4.78, 5) is 14.1. The number of alkyl halides is 3. The van der Waals surface area contributed by atoms with E-state index in [9.17, 15) is 18.0 Å². The van der Waals surface area contributed by atoms with Gasteiger partial charge in [0, 0.05) is 0 Å². The number of amides is 1. The summed E-state index contributed by atoms with van der Waals surface area (Å²) in [5.74, 6) is 4.59. The van der Waals surface area contributed by atoms with Crippen molar-refractivity contribution in [2.75, 3.05) is 13.1 Å². The molecule has 0 fully saturated rings. The summed E-state index contributed by atoms with van der Waals surface area (Å²) in [6.45, 7) is -0.115. The van der Waals surface area contributed by atoms with E-state index in [2.05, 4.69) is 22.1 Å². The monoisotopic (exact) mass is 263 g/mol. The first kappa shape index (κ1) is 13.5. The quantitative estimate of drug-likeness (QED) is 0.767. The molecule has 0 aliphatic heterocycles. The first-order valence-corrected chi connectivity index (χ1v) is 5.24.